The smallest absolute Gasteiger partial charge is 0.177 e. The first-order chi connectivity index (χ1) is 6.22. The number of aromatic amines is 1. The van der Waals surface area contributed by atoms with E-state index >= 15 is 0 Å². The molecule has 1 saturated carbocycles. The number of nitrogens with zero attached hydrogens (tertiary/aromatic N) is 1. The molecule has 1 fully saturated rings. The second-order valence-electron chi connectivity index (χ2n) is 4.19. The van der Waals surface area contributed by atoms with Crippen LogP contribution in [0.5, 0.6) is 0 Å². The molecule has 0 unspecified atom stereocenters. The minimum Gasteiger partial charge on any atom is -0.337 e. The summed E-state index contributed by atoms with van der Waals surface area (Å²) in [6, 6.07) is 0. The predicted molar refractivity (Wildman–Crippen MR) is 56.3 cm³/mol. The molecule has 0 radical (unpaired) electrons. The van der Waals surface area contributed by atoms with Crippen LogP contribution >= 0.6 is 12.2 Å². The molecule has 72 valence electrons. The summed E-state index contributed by atoms with van der Waals surface area (Å²) in [6.07, 6.45) is 10.6. The highest BCUT2D eigenvalue weighted by Gasteiger charge is 2.28. The van der Waals surface area contributed by atoms with E-state index < -0.39 is 0 Å². The van der Waals surface area contributed by atoms with Gasteiger partial charge in [0.1, 0.15) is 0 Å². The van der Waals surface area contributed by atoms with E-state index in [-0.39, 0.29) is 5.54 Å². The van der Waals surface area contributed by atoms with Crippen molar-refractivity contribution in [2.24, 2.45) is 0 Å². The van der Waals surface area contributed by atoms with E-state index in [2.05, 4.69) is 22.7 Å². The first-order valence-electron chi connectivity index (χ1n) is 4.99. The Morgan fingerprint density at radius 2 is 2.08 bits per heavy atom. The van der Waals surface area contributed by atoms with E-state index in [1.807, 2.05) is 6.20 Å². The molecule has 0 aromatic carbocycles. The van der Waals surface area contributed by atoms with Gasteiger partial charge in [0.05, 0.1) is 0 Å². The van der Waals surface area contributed by atoms with Crippen molar-refractivity contribution in [1.29, 1.82) is 0 Å². The van der Waals surface area contributed by atoms with Crippen LogP contribution < -0.4 is 0 Å². The van der Waals surface area contributed by atoms with Gasteiger partial charge in [-0.1, -0.05) is 19.3 Å². The molecule has 1 N–H and O–H groups in total. The monoisotopic (exact) mass is 196 g/mol. The molecule has 2 nitrogen and oxygen atoms in total. The molecule has 1 aromatic rings. The highest BCUT2D eigenvalue weighted by molar-refractivity contribution is 7.71. The van der Waals surface area contributed by atoms with Crippen molar-refractivity contribution in [3.05, 3.63) is 17.2 Å². The standard InChI is InChI=1S/C10H16N2S/c1-10(5-3-2-4-6-10)12-8-7-11-9(12)13/h7-8H,2-6H2,1H3,(H,11,13). The van der Waals surface area contributed by atoms with Crippen LogP contribution in [0, 0.1) is 4.77 Å². The van der Waals surface area contributed by atoms with Gasteiger partial charge in [0.15, 0.2) is 4.77 Å². The highest BCUT2D eigenvalue weighted by Crippen LogP contribution is 2.34. The molecular formula is C10H16N2S. The average Bonchev–Trinajstić information content (AvgIpc) is 2.53. The Balaban J connectivity index is 2.33. The molecule has 3 heteroatoms. The maximum atomic E-state index is 5.25. The van der Waals surface area contributed by atoms with E-state index in [0.717, 1.165) is 4.77 Å². The van der Waals surface area contributed by atoms with Crippen molar-refractivity contribution in [3.63, 3.8) is 0 Å². The number of rotatable bonds is 1. The number of nitrogens with one attached hydrogen (secondary N) is 1. The Morgan fingerprint density at radius 3 is 2.62 bits per heavy atom. The van der Waals surface area contributed by atoms with Gasteiger partial charge in [-0.25, -0.2) is 0 Å². The third-order valence-corrected chi connectivity index (χ3v) is 3.48. The second kappa shape index (κ2) is 3.29. The zero-order chi connectivity index (χ0) is 9.31. The fraction of sp³-hybridized carbons (Fsp3) is 0.700. The summed E-state index contributed by atoms with van der Waals surface area (Å²) in [5.41, 5.74) is 0.273. The Bertz CT molecular complexity index is 331. The van der Waals surface area contributed by atoms with Crippen molar-refractivity contribution in [2.75, 3.05) is 0 Å². The predicted octanol–water partition coefficient (Wildman–Crippen LogP) is 3.22. The van der Waals surface area contributed by atoms with Gasteiger partial charge in [0.2, 0.25) is 0 Å². The van der Waals surface area contributed by atoms with Gasteiger partial charge in [-0.15, -0.1) is 0 Å². The Morgan fingerprint density at radius 1 is 1.38 bits per heavy atom. The molecule has 0 atom stereocenters. The van der Waals surface area contributed by atoms with E-state index in [1.54, 1.807) is 0 Å². The molecule has 1 heterocycles. The lowest BCUT2D eigenvalue weighted by Crippen LogP contribution is -2.31. The zero-order valence-electron chi connectivity index (χ0n) is 8.05. The van der Waals surface area contributed by atoms with E-state index in [4.69, 9.17) is 12.2 Å². The fourth-order valence-electron chi connectivity index (χ4n) is 2.30. The van der Waals surface area contributed by atoms with Gasteiger partial charge in [-0.05, 0) is 32.0 Å². The number of H-pyrrole nitrogens is 1. The number of hydrogen-bond acceptors (Lipinski definition) is 1. The lowest BCUT2D eigenvalue weighted by Gasteiger charge is -2.34. The molecular weight excluding hydrogens is 180 g/mol. The molecule has 0 saturated heterocycles. The molecule has 0 spiro atoms. The first kappa shape index (κ1) is 9.00. The van der Waals surface area contributed by atoms with Crippen molar-refractivity contribution in [3.8, 4) is 0 Å². The summed E-state index contributed by atoms with van der Waals surface area (Å²) in [4.78, 5) is 3.07. The van der Waals surface area contributed by atoms with Crippen molar-refractivity contribution in [2.45, 2.75) is 44.6 Å². The van der Waals surface area contributed by atoms with Crippen LogP contribution in [-0.2, 0) is 5.54 Å². The van der Waals surface area contributed by atoms with E-state index in [1.165, 1.54) is 32.1 Å². The summed E-state index contributed by atoms with van der Waals surface area (Å²) in [6.45, 7) is 2.32. The Hall–Kier alpha value is -0.570. The molecule has 1 aliphatic carbocycles. The van der Waals surface area contributed by atoms with Crippen LogP contribution in [0.15, 0.2) is 12.4 Å². The van der Waals surface area contributed by atoms with Gasteiger partial charge < -0.3 is 9.55 Å². The number of imidazole rings is 1. The maximum absolute atomic E-state index is 5.25. The van der Waals surface area contributed by atoms with Crippen LogP contribution in [0.25, 0.3) is 0 Å². The molecule has 1 aromatic heterocycles. The normalized spacial score (nSPS) is 21.6. The largest absolute Gasteiger partial charge is 0.337 e. The highest BCUT2D eigenvalue weighted by atomic mass is 32.1. The molecule has 0 aliphatic heterocycles. The third kappa shape index (κ3) is 1.57. The minimum atomic E-state index is 0.273. The van der Waals surface area contributed by atoms with Crippen LogP contribution in [0.1, 0.15) is 39.0 Å². The lowest BCUT2D eigenvalue weighted by molar-refractivity contribution is 0.216. The van der Waals surface area contributed by atoms with Gasteiger partial charge in [-0.3, -0.25) is 0 Å². The average molecular weight is 196 g/mol. The van der Waals surface area contributed by atoms with Crippen molar-refractivity contribution < 1.29 is 0 Å². The summed E-state index contributed by atoms with van der Waals surface area (Å²) in [5, 5.41) is 0. The molecule has 13 heavy (non-hydrogen) atoms. The topological polar surface area (TPSA) is 20.7 Å². The van der Waals surface area contributed by atoms with Gasteiger partial charge >= 0.3 is 0 Å². The number of hydrogen-bond donors (Lipinski definition) is 1. The molecule has 0 bridgehead atoms. The lowest BCUT2D eigenvalue weighted by atomic mass is 9.83. The van der Waals surface area contributed by atoms with Gasteiger partial charge in [0.25, 0.3) is 0 Å². The number of aromatic nitrogens is 2. The maximum Gasteiger partial charge on any atom is 0.177 e. The molecule has 2 rings (SSSR count). The van der Waals surface area contributed by atoms with Crippen LogP contribution in [0.3, 0.4) is 0 Å². The third-order valence-electron chi connectivity index (χ3n) is 3.16. The van der Waals surface area contributed by atoms with E-state index in [9.17, 15) is 0 Å². The van der Waals surface area contributed by atoms with Crippen LogP contribution in [0.2, 0.25) is 0 Å². The summed E-state index contributed by atoms with van der Waals surface area (Å²) >= 11 is 5.25. The van der Waals surface area contributed by atoms with Gasteiger partial charge in [0, 0.05) is 17.9 Å². The quantitative estimate of drug-likeness (QED) is 0.684. The van der Waals surface area contributed by atoms with Gasteiger partial charge in [-0.2, -0.15) is 0 Å². The van der Waals surface area contributed by atoms with Crippen molar-refractivity contribution >= 4 is 12.2 Å². The fourth-order valence-corrected chi connectivity index (χ4v) is 2.65. The first-order valence-corrected chi connectivity index (χ1v) is 5.40. The second-order valence-corrected chi connectivity index (χ2v) is 4.58. The minimum absolute atomic E-state index is 0.273. The summed E-state index contributed by atoms with van der Waals surface area (Å²) in [7, 11) is 0. The summed E-state index contributed by atoms with van der Waals surface area (Å²) in [5.74, 6) is 0. The van der Waals surface area contributed by atoms with Crippen molar-refractivity contribution in [1.82, 2.24) is 9.55 Å². The Labute approximate surface area is 84.0 Å². The van der Waals surface area contributed by atoms with E-state index in [0.29, 0.717) is 0 Å². The SMILES string of the molecule is CC1(n2cc[nH]c2=S)CCCCC1. The molecule has 0 amide bonds. The van der Waals surface area contributed by atoms with Crippen LogP contribution in [0.4, 0.5) is 0 Å². The van der Waals surface area contributed by atoms with Crippen LogP contribution in [-0.4, -0.2) is 9.55 Å². The zero-order valence-corrected chi connectivity index (χ0v) is 8.86. The Kier molecular flexibility index (Phi) is 2.28. The molecule has 1 aliphatic rings. The summed E-state index contributed by atoms with van der Waals surface area (Å²) < 4.78 is 3.09.